The first-order valence-electron chi connectivity index (χ1n) is 12.1. The number of benzene rings is 3. The number of aromatic nitrogens is 2. The van der Waals surface area contributed by atoms with Gasteiger partial charge in [0.1, 0.15) is 17.8 Å². The molecule has 7 nitrogen and oxygen atoms in total. The average molecular weight is 507 g/mol. The van der Waals surface area contributed by atoms with Gasteiger partial charge in [-0.2, -0.15) is 0 Å². The van der Waals surface area contributed by atoms with Crippen molar-refractivity contribution in [2.24, 2.45) is 0 Å². The van der Waals surface area contributed by atoms with Crippen molar-refractivity contribution in [2.75, 3.05) is 20.8 Å². The Morgan fingerprint density at radius 1 is 0.842 bits per heavy atom. The topological polar surface area (TPSA) is 79.1 Å². The second kappa shape index (κ2) is 10.6. The molecule has 0 aliphatic heterocycles. The highest BCUT2D eigenvalue weighted by Crippen LogP contribution is 2.34. The number of hydrogen-bond donors (Lipinski definition) is 0. The van der Waals surface area contributed by atoms with Gasteiger partial charge in [0.05, 0.1) is 43.3 Å². The summed E-state index contributed by atoms with van der Waals surface area (Å²) in [5, 5.41) is 0. The molecule has 190 valence electrons. The van der Waals surface area contributed by atoms with Crippen LogP contribution < -0.4 is 9.47 Å². The molecule has 0 saturated carbocycles. The molecule has 5 rings (SSSR count). The highest BCUT2D eigenvalue weighted by Gasteiger charge is 2.23. The Morgan fingerprint density at radius 3 is 2.26 bits per heavy atom. The van der Waals surface area contributed by atoms with Crippen LogP contribution in [0.3, 0.4) is 0 Å². The van der Waals surface area contributed by atoms with E-state index in [1.165, 1.54) is 0 Å². The van der Waals surface area contributed by atoms with Crippen molar-refractivity contribution in [1.82, 2.24) is 9.38 Å². The number of ether oxygens (including phenoxy) is 3. The van der Waals surface area contributed by atoms with Gasteiger partial charge in [-0.25, -0.2) is 9.78 Å². The Labute approximate surface area is 220 Å². The molecule has 0 bridgehead atoms. The minimum absolute atomic E-state index is 0.213. The summed E-state index contributed by atoms with van der Waals surface area (Å²) in [5.74, 6) is 0.474. The standard InChI is InChI=1S/C31H26N2O5/c1-4-38-31(35)25-17-28(30(34)22-12-10-21(11-13-22)20-8-6-5-7-9-20)33-19-32-26(18-27(25)33)24-15-14-23(36-2)16-29(24)37-3/h5-19H,4H2,1-3H3. The molecule has 0 atom stereocenters. The van der Waals surface area contributed by atoms with E-state index < -0.39 is 5.97 Å². The van der Waals surface area contributed by atoms with Gasteiger partial charge in [0.25, 0.3) is 0 Å². The van der Waals surface area contributed by atoms with Crippen LogP contribution in [0.15, 0.2) is 91.3 Å². The summed E-state index contributed by atoms with van der Waals surface area (Å²) in [4.78, 5) is 31.1. The van der Waals surface area contributed by atoms with Gasteiger partial charge in [0.2, 0.25) is 5.78 Å². The summed E-state index contributed by atoms with van der Waals surface area (Å²) in [5.41, 5.74) is 4.98. The number of carbonyl (C=O) groups excluding carboxylic acids is 2. The first-order chi connectivity index (χ1) is 18.5. The summed E-state index contributed by atoms with van der Waals surface area (Å²) < 4.78 is 17.8. The van der Waals surface area contributed by atoms with E-state index in [1.54, 1.807) is 62.2 Å². The molecular formula is C31H26N2O5. The van der Waals surface area contributed by atoms with Crippen molar-refractivity contribution in [3.8, 4) is 33.9 Å². The fraction of sp³-hybridized carbons (Fsp3) is 0.129. The van der Waals surface area contributed by atoms with Gasteiger partial charge in [-0.3, -0.25) is 9.20 Å². The van der Waals surface area contributed by atoms with E-state index >= 15 is 0 Å². The van der Waals surface area contributed by atoms with Gasteiger partial charge in [-0.1, -0.05) is 54.6 Å². The number of ketones is 1. The van der Waals surface area contributed by atoms with E-state index in [0.29, 0.717) is 34.0 Å². The molecule has 0 amide bonds. The SMILES string of the molecule is CCOC(=O)c1cc(C(=O)c2ccc(-c3ccccc3)cc2)n2cnc(-c3ccc(OC)cc3OC)cc12. The predicted molar refractivity (Wildman–Crippen MR) is 145 cm³/mol. The van der Waals surface area contributed by atoms with E-state index in [-0.39, 0.29) is 18.0 Å². The zero-order valence-electron chi connectivity index (χ0n) is 21.3. The third-order valence-electron chi connectivity index (χ3n) is 6.33. The second-order valence-corrected chi connectivity index (χ2v) is 8.53. The van der Waals surface area contributed by atoms with Gasteiger partial charge >= 0.3 is 5.97 Å². The maximum absolute atomic E-state index is 13.6. The third kappa shape index (κ3) is 4.62. The van der Waals surface area contributed by atoms with Gasteiger partial charge in [0, 0.05) is 17.2 Å². The minimum Gasteiger partial charge on any atom is -0.497 e. The summed E-state index contributed by atoms with van der Waals surface area (Å²) in [6.07, 6.45) is 1.54. The zero-order valence-corrected chi connectivity index (χ0v) is 21.3. The predicted octanol–water partition coefficient (Wildman–Crippen LogP) is 6.09. The van der Waals surface area contributed by atoms with Crippen molar-refractivity contribution < 1.29 is 23.8 Å². The van der Waals surface area contributed by atoms with Crippen LogP contribution in [0.25, 0.3) is 27.9 Å². The molecule has 0 saturated heterocycles. The Kier molecular flexibility index (Phi) is 6.91. The molecule has 2 aromatic heterocycles. The lowest BCUT2D eigenvalue weighted by Crippen LogP contribution is -2.06. The van der Waals surface area contributed by atoms with Gasteiger partial charge < -0.3 is 14.2 Å². The Morgan fingerprint density at radius 2 is 1.58 bits per heavy atom. The Bertz CT molecular complexity index is 1620. The van der Waals surface area contributed by atoms with Crippen LogP contribution >= 0.6 is 0 Å². The molecule has 7 heteroatoms. The van der Waals surface area contributed by atoms with E-state index in [9.17, 15) is 9.59 Å². The summed E-state index contributed by atoms with van der Waals surface area (Å²) in [7, 11) is 3.15. The molecule has 0 spiro atoms. The molecular weight excluding hydrogens is 480 g/mol. The molecule has 0 aliphatic carbocycles. The molecule has 3 aromatic carbocycles. The fourth-order valence-electron chi connectivity index (χ4n) is 4.40. The lowest BCUT2D eigenvalue weighted by Gasteiger charge is -2.11. The first-order valence-corrected chi connectivity index (χ1v) is 12.1. The van der Waals surface area contributed by atoms with Crippen LogP contribution in [0, 0.1) is 0 Å². The Balaban J connectivity index is 1.58. The molecule has 0 aliphatic rings. The van der Waals surface area contributed by atoms with Crippen LogP contribution in [0.1, 0.15) is 33.3 Å². The number of nitrogens with zero attached hydrogens (tertiary/aromatic N) is 2. The number of rotatable bonds is 8. The highest BCUT2D eigenvalue weighted by molar-refractivity contribution is 6.11. The van der Waals surface area contributed by atoms with Crippen molar-refractivity contribution in [2.45, 2.75) is 6.92 Å². The summed E-state index contributed by atoms with van der Waals surface area (Å²) >= 11 is 0. The maximum Gasteiger partial charge on any atom is 0.340 e. The van der Waals surface area contributed by atoms with Crippen LogP contribution in [0.5, 0.6) is 11.5 Å². The minimum atomic E-state index is -0.512. The van der Waals surface area contributed by atoms with Gasteiger partial charge in [-0.15, -0.1) is 0 Å². The van der Waals surface area contributed by atoms with Crippen molar-refractivity contribution in [1.29, 1.82) is 0 Å². The quantitative estimate of drug-likeness (QED) is 0.187. The molecule has 2 heterocycles. The average Bonchev–Trinajstić information content (AvgIpc) is 3.36. The van der Waals surface area contributed by atoms with Crippen LogP contribution in [0.4, 0.5) is 0 Å². The van der Waals surface area contributed by atoms with Crippen LogP contribution in [-0.4, -0.2) is 42.0 Å². The largest absolute Gasteiger partial charge is 0.497 e. The van der Waals surface area contributed by atoms with E-state index in [4.69, 9.17) is 14.2 Å². The molecule has 0 radical (unpaired) electrons. The summed E-state index contributed by atoms with van der Waals surface area (Å²) in [6, 6.07) is 26.1. The number of carbonyl (C=O) groups is 2. The Hall–Kier alpha value is -4.91. The van der Waals surface area contributed by atoms with Crippen molar-refractivity contribution in [3.05, 3.63) is 108 Å². The first kappa shape index (κ1) is 24.8. The normalized spacial score (nSPS) is 10.8. The van der Waals surface area contributed by atoms with Crippen molar-refractivity contribution in [3.63, 3.8) is 0 Å². The molecule has 38 heavy (non-hydrogen) atoms. The monoisotopic (exact) mass is 506 g/mol. The van der Waals surface area contributed by atoms with Crippen LogP contribution in [-0.2, 0) is 4.74 Å². The fourth-order valence-corrected chi connectivity index (χ4v) is 4.40. The molecule has 0 N–H and O–H groups in total. The van der Waals surface area contributed by atoms with Gasteiger partial charge in [0.15, 0.2) is 0 Å². The van der Waals surface area contributed by atoms with E-state index in [0.717, 1.165) is 16.7 Å². The lowest BCUT2D eigenvalue weighted by molar-refractivity contribution is 0.0529. The summed E-state index contributed by atoms with van der Waals surface area (Å²) in [6.45, 7) is 1.95. The third-order valence-corrected chi connectivity index (χ3v) is 6.33. The van der Waals surface area contributed by atoms with E-state index in [1.807, 2.05) is 54.6 Å². The number of fused-ring (bicyclic) bond motifs is 1. The number of hydrogen-bond acceptors (Lipinski definition) is 6. The smallest absolute Gasteiger partial charge is 0.340 e. The van der Waals surface area contributed by atoms with E-state index in [2.05, 4.69) is 4.98 Å². The lowest BCUT2D eigenvalue weighted by atomic mass is 10.0. The molecule has 0 unspecified atom stereocenters. The van der Waals surface area contributed by atoms with Crippen LogP contribution in [0.2, 0.25) is 0 Å². The molecule has 5 aromatic rings. The zero-order chi connectivity index (χ0) is 26.6. The second-order valence-electron chi connectivity index (χ2n) is 8.53. The van der Waals surface area contributed by atoms with Gasteiger partial charge in [-0.05, 0) is 42.3 Å². The maximum atomic E-state index is 13.6. The number of esters is 1. The molecule has 0 fully saturated rings. The number of methoxy groups -OCH3 is 2. The highest BCUT2D eigenvalue weighted by atomic mass is 16.5. The van der Waals surface area contributed by atoms with Crippen molar-refractivity contribution >= 4 is 17.3 Å².